The van der Waals surface area contributed by atoms with Crippen LogP contribution in [0.25, 0.3) is 10.4 Å². The Balaban J connectivity index is 2.44. The number of hydrazone groups is 1. The third-order valence-corrected chi connectivity index (χ3v) is 1.74. The van der Waals surface area contributed by atoms with Gasteiger partial charge in [0.25, 0.3) is 0 Å². The van der Waals surface area contributed by atoms with E-state index in [2.05, 4.69) is 20.6 Å². The number of hydrogen-bond donors (Lipinski definition) is 1. The average molecular weight is 165 g/mol. The molecule has 0 radical (unpaired) electrons. The van der Waals surface area contributed by atoms with Crippen LogP contribution in [-0.2, 0) is 0 Å². The molecule has 0 aromatic rings. The van der Waals surface area contributed by atoms with Crippen LogP contribution in [-0.4, -0.2) is 18.3 Å². The van der Waals surface area contributed by atoms with E-state index in [-0.39, 0.29) is 5.54 Å². The minimum absolute atomic E-state index is 0.164. The molecular weight excluding hydrogens is 154 g/mol. The maximum atomic E-state index is 8.07. The van der Waals surface area contributed by atoms with Crippen molar-refractivity contribution in [1.82, 2.24) is 5.43 Å². The summed E-state index contributed by atoms with van der Waals surface area (Å²) in [6.45, 7) is 2.49. The lowest BCUT2D eigenvalue weighted by molar-refractivity contribution is 0.422. The summed E-state index contributed by atoms with van der Waals surface area (Å²) >= 11 is 0. The molecule has 0 amide bonds. The van der Waals surface area contributed by atoms with Crippen LogP contribution in [0.4, 0.5) is 0 Å². The standard InChI is InChI=1S/C7H11N5/c1-7(4-6-10-12-8)3-2-5-9-11-7/h2-3,5,11H,4,6H2,1H3. The van der Waals surface area contributed by atoms with Crippen LogP contribution in [0, 0.1) is 0 Å². The fourth-order valence-electron chi connectivity index (χ4n) is 0.987. The second-order valence-corrected chi connectivity index (χ2v) is 2.87. The Morgan fingerprint density at radius 1 is 1.75 bits per heavy atom. The molecule has 0 spiro atoms. The number of rotatable bonds is 3. The molecule has 1 aliphatic rings. The number of hydrogen-bond acceptors (Lipinski definition) is 3. The lowest BCUT2D eigenvalue weighted by Crippen LogP contribution is -2.39. The zero-order valence-electron chi connectivity index (χ0n) is 6.94. The molecule has 1 N–H and O–H groups in total. The molecule has 1 rings (SSSR count). The molecule has 0 saturated carbocycles. The van der Waals surface area contributed by atoms with Crippen molar-refractivity contribution < 1.29 is 0 Å². The first-order valence-electron chi connectivity index (χ1n) is 3.76. The van der Waals surface area contributed by atoms with Gasteiger partial charge in [0.15, 0.2) is 0 Å². The van der Waals surface area contributed by atoms with E-state index in [1.165, 1.54) is 0 Å². The van der Waals surface area contributed by atoms with E-state index in [0.717, 1.165) is 6.42 Å². The second-order valence-electron chi connectivity index (χ2n) is 2.87. The van der Waals surface area contributed by atoms with Gasteiger partial charge in [0.05, 0.1) is 5.54 Å². The van der Waals surface area contributed by atoms with Gasteiger partial charge in [-0.05, 0) is 25.0 Å². The van der Waals surface area contributed by atoms with Crippen molar-refractivity contribution >= 4 is 6.21 Å². The van der Waals surface area contributed by atoms with Gasteiger partial charge in [-0.2, -0.15) is 5.10 Å². The zero-order valence-corrected chi connectivity index (χ0v) is 6.94. The van der Waals surface area contributed by atoms with Crippen LogP contribution in [0.2, 0.25) is 0 Å². The highest BCUT2D eigenvalue weighted by molar-refractivity contribution is 5.72. The Morgan fingerprint density at radius 2 is 2.58 bits per heavy atom. The quantitative estimate of drug-likeness (QED) is 0.385. The predicted octanol–water partition coefficient (Wildman–Crippen LogP) is 1.59. The maximum absolute atomic E-state index is 8.07. The molecule has 0 saturated heterocycles. The summed E-state index contributed by atoms with van der Waals surface area (Å²) in [7, 11) is 0. The van der Waals surface area contributed by atoms with E-state index in [9.17, 15) is 0 Å². The molecule has 1 atom stereocenters. The maximum Gasteiger partial charge on any atom is 0.0705 e. The first kappa shape index (κ1) is 8.62. The number of nitrogens with zero attached hydrogens (tertiary/aromatic N) is 4. The molecule has 1 heterocycles. The molecule has 64 valence electrons. The summed E-state index contributed by atoms with van der Waals surface area (Å²) in [5.74, 6) is 0. The van der Waals surface area contributed by atoms with Crippen LogP contribution in [0.5, 0.6) is 0 Å². The van der Waals surface area contributed by atoms with Crippen LogP contribution < -0.4 is 5.43 Å². The summed E-state index contributed by atoms with van der Waals surface area (Å²) in [5.41, 5.74) is 10.9. The van der Waals surface area contributed by atoms with Gasteiger partial charge in [0, 0.05) is 17.7 Å². The summed E-state index contributed by atoms with van der Waals surface area (Å²) in [5, 5.41) is 7.38. The van der Waals surface area contributed by atoms with E-state index in [0.29, 0.717) is 6.54 Å². The van der Waals surface area contributed by atoms with Crippen molar-refractivity contribution in [3.05, 3.63) is 22.6 Å². The molecule has 0 fully saturated rings. The molecule has 0 aromatic carbocycles. The Labute approximate surface area is 70.8 Å². The predicted molar refractivity (Wildman–Crippen MR) is 47.8 cm³/mol. The number of nitrogens with one attached hydrogen (secondary N) is 1. The Hall–Kier alpha value is -1.48. The minimum Gasteiger partial charge on any atom is -0.300 e. The zero-order chi connectivity index (χ0) is 8.86. The van der Waals surface area contributed by atoms with Gasteiger partial charge in [0.2, 0.25) is 0 Å². The van der Waals surface area contributed by atoms with Crippen LogP contribution in [0.3, 0.4) is 0 Å². The molecule has 5 heteroatoms. The summed E-state index contributed by atoms with van der Waals surface area (Å²) in [6.07, 6.45) is 6.33. The molecule has 1 aliphatic heterocycles. The van der Waals surface area contributed by atoms with E-state index < -0.39 is 0 Å². The first-order chi connectivity index (χ1) is 5.77. The van der Waals surface area contributed by atoms with Gasteiger partial charge in [-0.15, -0.1) is 0 Å². The van der Waals surface area contributed by atoms with Crippen molar-refractivity contribution in [2.24, 2.45) is 10.2 Å². The summed E-state index contributed by atoms with van der Waals surface area (Å²) in [6, 6.07) is 0. The largest absolute Gasteiger partial charge is 0.300 e. The van der Waals surface area contributed by atoms with Gasteiger partial charge < -0.3 is 5.43 Å². The Kier molecular flexibility index (Phi) is 2.71. The van der Waals surface area contributed by atoms with Crippen LogP contribution in [0.1, 0.15) is 13.3 Å². The first-order valence-corrected chi connectivity index (χ1v) is 3.76. The average Bonchev–Trinajstić information content (AvgIpc) is 2.06. The molecule has 0 aromatic heterocycles. The van der Waals surface area contributed by atoms with Crippen LogP contribution in [0.15, 0.2) is 22.4 Å². The normalized spacial score (nSPS) is 26.1. The smallest absolute Gasteiger partial charge is 0.0705 e. The van der Waals surface area contributed by atoms with Crippen molar-refractivity contribution in [3.63, 3.8) is 0 Å². The third kappa shape index (κ3) is 2.29. The fourth-order valence-corrected chi connectivity index (χ4v) is 0.987. The lowest BCUT2D eigenvalue weighted by Gasteiger charge is -2.26. The number of azide groups is 1. The molecule has 0 aliphatic carbocycles. The summed E-state index contributed by atoms with van der Waals surface area (Å²) in [4.78, 5) is 2.69. The molecular formula is C7H11N5. The lowest BCUT2D eigenvalue weighted by atomic mass is 9.98. The molecule has 0 bridgehead atoms. The van der Waals surface area contributed by atoms with Gasteiger partial charge in [-0.25, -0.2) is 0 Å². The molecule has 5 nitrogen and oxygen atoms in total. The van der Waals surface area contributed by atoms with E-state index >= 15 is 0 Å². The highest BCUT2D eigenvalue weighted by atomic mass is 15.3. The minimum atomic E-state index is -0.164. The summed E-state index contributed by atoms with van der Waals surface area (Å²) < 4.78 is 0. The highest BCUT2D eigenvalue weighted by Crippen LogP contribution is 2.13. The molecule has 12 heavy (non-hydrogen) atoms. The fraction of sp³-hybridized carbons (Fsp3) is 0.571. The third-order valence-electron chi connectivity index (χ3n) is 1.74. The van der Waals surface area contributed by atoms with Crippen LogP contribution >= 0.6 is 0 Å². The van der Waals surface area contributed by atoms with Crippen molar-refractivity contribution in [2.75, 3.05) is 6.54 Å². The highest BCUT2D eigenvalue weighted by Gasteiger charge is 2.19. The van der Waals surface area contributed by atoms with E-state index in [1.807, 2.05) is 19.1 Å². The topological polar surface area (TPSA) is 73.2 Å². The van der Waals surface area contributed by atoms with E-state index in [4.69, 9.17) is 5.53 Å². The van der Waals surface area contributed by atoms with Gasteiger partial charge in [0.1, 0.15) is 0 Å². The Bertz CT molecular complexity index is 251. The van der Waals surface area contributed by atoms with Gasteiger partial charge >= 0.3 is 0 Å². The monoisotopic (exact) mass is 165 g/mol. The van der Waals surface area contributed by atoms with Crippen molar-refractivity contribution in [2.45, 2.75) is 18.9 Å². The van der Waals surface area contributed by atoms with Gasteiger partial charge in [-0.3, -0.25) is 0 Å². The van der Waals surface area contributed by atoms with Crippen molar-refractivity contribution in [3.8, 4) is 0 Å². The number of allylic oxidation sites excluding steroid dienone is 1. The van der Waals surface area contributed by atoms with Crippen molar-refractivity contribution in [1.29, 1.82) is 0 Å². The SMILES string of the molecule is CC1(CCN=[N+]=[N-])C=CC=NN1. The Morgan fingerprint density at radius 3 is 3.17 bits per heavy atom. The second kappa shape index (κ2) is 3.78. The molecule has 1 unspecified atom stereocenters. The van der Waals surface area contributed by atoms with E-state index in [1.54, 1.807) is 6.21 Å². The van der Waals surface area contributed by atoms with Gasteiger partial charge in [-0.1, -0.05) is 11.2 Å².